The summed E-state index contributed by atoms with van der Waals surface area (Å²) in [5.74, 6) is -0.212. The van der Waals surface area contributed by atoms with Crippen molar-refractivity contribution in [2.24, 2.45) is 5.41 Å². The number of pyridine rings is 1. The first-order valence-corrected chi connectivity index (χ1v) is 11.0. The van der Waals surface area contributed by atoms with Gasteiger partial charge in [-0.1, -0.05) is 38.1 Å². The number of aromatic carboxylic acids is 1. The molecule has 156 valence electrons. The van der Waals surface area contributed by atoms with Crippen LogP contribution in [0.5, 0.6) is 0 Å². The summed E-state index contributed by atoms with van der Waals surface area (Å²) in [6.07, 6.45) is 4.66. The third kappa shape index (κ3) is 4.11. The minimum atomic E-state index is -0.870. The van der Waals surface area contributed by atoms with Gasteiger partial charge in [0.15, 0.2) is 0 Å². The Morgan fingerprint density at radius 2 is 2.03 bits per heavy atom. The third-order valence-electron chi connectivity index (χ3n) is 5.69. The molecule has 0 saturated carbocycles. The standard InChI is InChI=1S/C24H27N3O2S/c1-24(2)11-10-19-18(12-24)21(23(28)29)22(30-19)27-20-9-8-16(14-26-20)17-7-5-4-6-15(17)13-25-3/h4-9,14,25H,10-13H2,1-3H3,(H,26,27)(H,28,29). The van der Waals surface area contributed by atoms with Crippen molar-refractivity contribution < 1.29 is 9.90 Å². The average Bonchev–Trinajstić information content (AvgIpc) is 3.05. The van der Waals surface area contributed by atoms with Gasteiger partial charge in [-0.15, -0.1) is 11.3 Å². The predicted octanol–water partition coefficient (Wildman–Crippen LogP) is 5.49. The van der Waals surface area contributed by atoms with E-state index in [1.165, 1.54) is 10.4 Å². The van der Waals surface area contributed by atoms with Crippen LogP contribution < -0.4 is 10.6 Å². The van der Waals surface area contributed by atoms with E-state index in [-0.39, 0.29) is 5.41 Å². The Bertz CT molecular complexity index is 1070. The molecular formula is C24H27N3O2S. The van der Waals surface area contributed by atoms with Crippen LogP contribution in [0.4, 0.5) is 10.8 Å². The molecule has 0 fully saturated rings. The maximum absolute atomic E-state index is 12.0. The van der Waals surface area contributed by atoms with Crippen LogP contribution in [-0.4, -0.2) is 23.1 Å². The smallest absolute Gasteiger partial charge is 0.339 e. The van der Waals surface area contributed by atoms with Crippen molar-refractivity contribution in [3.8, 4) is 11.1 Å². The number of carbonyl (C=O) groups is 1. The lowest BCUT2D eigenvalue weighted by molar-refractivity contribution is 0.0696. The van der Waals surface area contributed by atoms with Crippen molar-refractivity contribution in [3.63, 3.8) is 0 Å². The molecule has 3 N–H and O–H groups in total. The average molecular weight is 422 g/mol. The van der Waals surface area contributed by atoms with E-state index in [0.29, 0.717) is 16.4 Å². The number of aromatic nitrogens is 1. The van der Waals surface area contributed by atoms with Crippen molar-refractivity contribution in [3.05, 3.63) is 64.2 Å². The summed E-state index contributed by atoms with van der Waals surface area (Å²) in [6.45, 7) is 5.20. The highest BCUT2D eigenvalue weighted by Gasteiger charge is 2.32. The first kappa shape index (κ1) is 20.6. The van der Waals surface area contributed by atoms with Crippen LogP contribution in [0.1, 0.15) is 46.6 Å². The van der Waals surface area contributed by atoms with Gasteiger partial charge in [0.1, 0.15) is 10.8 Å². The maximum Gasteiger partial charge on any atom is 0.339 e. The van der Waals surface area contributed by atoms with Gasteiger partial charge in [0.05, 0.1) is 5.56 Å². The molecule has 0 saturated heterocycles. The van der Waals surface area contributed by atoms with Gasteiger partial charge in [-0.05, 0) is 60.5 Å². The van der Waals surface area contributed by atoms with Crippen LogP contribution in [0.15, 0.2) is 42.6 Å². The fourth-order valence-electron chi connectivity index (χ4n) is 4.12. The lowest BCUT2D eigenvalue weighted by Gasteiger charge is -2.29. The number of thiophene rings is 1. The van der Waals surface area contributed by atoms with Crippen LogP contribution in [-0.2, 0) is 19.4 Å². The zero-order valence-electron chi connectivity index (χ0n) is 17.6. The molecule has 1 aromatic carbocycles. The summed E-state index contributed by atoms with van der Waals surface area (Å²) in [5.41, 5.74) is 4.93. The van der Waals surface area contributed by atoms with Crippen LogP contribution >= 0.6 is 11.3 Å². The van der Waals surface area contributed by atoms with Gasteiger partial charge in [-0.25, -0.2) is 9.78 Å². The Morgan fingerprint density at radius 3 is 2.73 bits per heavy atom. The molecule has 6 heteroatoms. The summed E-state index contributed by atoms with van der Waals surface area (Å²) in [7, 11) is 1.93. The molecule has 0 unspecified atom stereocenters. The highest BCUT2D eigenvalue weighted by Crippen LogP contribution is 2.44. The maximum atomic E-state index is 12.0. The van der Waals surface area contributed by atoms with Crippen molar-refractivity contribution in [1.82, 2.24) is 10.3 Å². The Labute approximate surface area is 181 Å². The summed E-state index contributed by atoms with van der Waals surface area (Å²) in [6, 6.07) is 12.2. The van der Waals surface area contributed by atoms with Crippen LogP contribution in [0.25, 0.3) is 11.1 Å². The number of carboxylic acids is 1. The van der Waals surface area contributed by atoms with Crippen molar-refractivity contribution in [1.29, 1.82) is 0 Å². The number of anilines is 2. The number of hydrogen-bond acceptors (Lipinski definition) is 5. The Kier molecular flexibility index (Phi) is 5.62. The molecule has 4 rings (SSSR count). The monoisotopic (exact) mass is 421 g/mol. The number of rotatable bonds is 6. The fraction of sp³-hybridized carbons (Fsp3) is 0.333. The molecule has 0 bridgehead atoms. The predicted molar refractivity (Wildman–Crippen MR) is 123 cm³/mol. The third-order valence-corrected chi connectivity index (χ3v) is 6.90. The second-order valence-corrected chi connectivity index (χ2v) is 9.70. The molecule has 30 heavy (non-hydrogen) atoms. The van der Waals surface area contributed by atoms with Crippen molar-refractivity contribution in [2.45, 2.75) is 39.7 Å². The fourth-order valence-corrected chi connectivity index (χ4v) is 5.34. The number of hydrogen-bond donors (Lipinski definition) is 3. The summed E-state index contributed by atoms with van der Waals surface area (Å²) < 4.78 is 0. The molecule has 3 aromatic rings. The Hall–Kier alpha value is -2.70. The number of nitrogens with one attached hydrogen (secondary N) is 2. The van der Waals surface area contributed by atoms with E-state index in [1.54, 1.807) is 11.3 Å². The van der Waals surface area contributed by atoms with E-state index >= 15 is 0 Å². The number of carboxylic acid groups (broad SMARTS) is 1. The number of nitrogens with zero attached hydrogens (tertiary/aromatic N) is 1. The zero-order valence-corrected chi connectivity index (χ0v) is 18.4. The molecular weight excluding hydrogens is 394 g/mol. The molecule has 2 aromatic heterocycles. The van der Waals surface area contributed by atoms with E-state index in [0.717, 1.165) is 42.5 Å². The first-order valence-electron chi connectivity index (χ1n) is 10.2. The molecule has 0 radical (unpaired) electrons. The van der Waals surface area contributed by atoms with Gasteiger partial charge >= 0.3 is 5.97 Å². The number of aryl methyl sites for hydroxylation is 1. The number of fused-ring (bicyclic) bond motifs is 1. The largest absolute Gasteiger partial charge is 0.478 e. The van der Waals surface area contributed by atoms with Gasteiger partial charge in [-0.3, -0.25) is 0 Å². The second-order valence-electron chi connectivity index (χ2n) is 8.60. The van der Waals surface area contributed by atoms with E-state index in [2.05, 4.69) is 41.6 Å². The van der Waals surface area contributed by atoms with Crippen LogP contribution in [0, 0.1) is 5.41 Å². The highest BCUT2D eigenvalue weighted by molar-refractivity contribution is 7.16. The summed E-state index contributed by atoms with van der Waals surface area (Å²) in [4.78, 5) is 17.8. The normalized spacial score (nSPS) is 14.9. The lowest BCUT2D eigenvalue weighted by atomic mass is 9.76. The molecule has 0 amide bonds. The van der Waals surface area contributed by atoms with E-state index in [4.69, 9.17) is 0 Å². The number of benzene rings is 1. The van der Waals surface area contributed by atoms with Crippen molar-refractivity contribution in [2.75, 3.05) is 12.4 Å². The van der Waals surface area contributed by atoms with Crippen molar-refractivity contribution >= 4 is 28.1 Å². The van der Waals surface area contributed by atoms with Gasteiger partial charge < -0.3 is 15.7 Å². The molecule has 2 heterocycles. The summed E-state index contributed by atoms with van der Waals surface area (Å²) >= 11 is 1.56. The second kappa shape index (κ2) is 8.20. The minimum Gasteiger partial charge on any atom is -0.478 e. The molecule has 1 aliphatic rings. The Balaban J connectivity index is 1.62. The molecule has 0 atom stereocenters. The topological polar surface area (TPSA) is 74.2 Å². The zero-order chi connectivity index (χ0) is 21.3. The quantitative estimate of drug-likeness (QED) is 0.491. The van der Waals surface area contributed by atoms with Crippen LogP contribution in [0.2, 0.25) is 0 Å². The lowest BCUT2D eigenvalue weighted by Crippen LogP contribution is -2.22. The Morgan fingerprint density at radius 1 is 1.23 bits per heavy atom. The summed E-state index contributed by atoms with van der Waals surface area (Å²) in [5, 5.41) is 17.0. The molecule has 5 nitrogen and oxygen atoms in total. The van der Waals surface area contributed by atoms with Gasteiger partial charge in [-0.2, -0.15) is 0 Å². The van der Waals surface area contributed by atoms with Crippen LogP contribution in [0.3, 0.4) is 0 Å². The first-order chi connectivity index (χ1) is 14.4. The van der Waals surface area contributed by atoms with Gasteiger partial charge in [0.25, 0.3) is 0 Å². The molecule has 0 aliphatic heterocycles. The van der Waals surface area contributed by atoms with Gasteiger partial charge in [0, 0.05) is 23.2 Å². The minimum absolute atomic E-state index is 0.135. The highest BCUT2D eigenvalue weighted by atomic mass is 32.1. The van der Waals surface area contributed by atoms with E-state index in [9.17, 15) is 9.90 Å². The molecule has 0 spiro atoms. The van der Waals surface area contributed by atoms with E-state index < -0.39 is 5.97 Å². The molecule has 1 aliphatic carbocycles. The van der Waals surface area contributed by atoms with Gasteiger partial charge in [0.2, 0.25) is 0 Å². The SMILES string of the molecule is CNCc1ccccc1-c1ccc(Nc2sc3c(c2C(=O)O)CC(C)(C)CC3)nc1. The van der Waals surface area contributed by atoms with E-state index in [1.807, 2.05) is 37.5 Å².